The molecule has 20 heavy (non-hydrogen) atoms. The maximum absolute atomic E-state index is 13.1. The Labute approximate surface area is 115 Å². The fourth-order valence-corrected chi connectivity index (χ4v) is 1.99. The van der Waals surface area contributed by atoms with Crippen molar-refractivity contribution in [2.75, 3.05) is 18.5 Å². The van der Waals surface area contributed by atoms with Crippen molar-refractivity contribution in [1.29, 1.82) is 5.26 Å². The number of ether oxygens (including phenoxy) is 2. The van der Waals surface area contributed by atoms with Crippen molar-refractivity contribution in [2.45, 2.75) is 0 Å². The molecule has 0 unspecified atom stereocenters. The minimum Gasteiger partial charge on any atom is -0.486 e. The van der Waals surface area contributed by atoms with Gasteiger partial charge in [-0.1, -0.05) is 0 Å². The van der Waals surface area contributed by atoms with Gasteiger partial charge in [0.05, 0.1) is 11.3 Å². The highest BCUT2D eigenvalue weighted by atomic mass is 19.1. The summed E-state index contributed by atoms with van der Waals surface area (Å²) in [5.74, 6) is 0.914. The number of nitriles is 1. The van der Waals surface area contributed by atoms with Crippen LogP contribution < -0.4 is 14.8 Å². The lowest BCUT2D eigenvalue weighted by molar-refractivity contribution is 0.171. The van der Waals surface area contributed by atoms with Crippen LogP contribution in [0.25, 0.3) is 0 Å². The lowest BCUT2D eigenvalue weighted by Gasteiger charge is -2.19. The predicted octanol–water partition coefficient (Wildman–Crippen LogP) is 3.21. The molecular weight excluding hydrogens is 259 g/mol. The molecule has 0 radical (unpaired) electrons. The van der Waals surface area contributed by atoms with E-state index in [2.05, 4.69) is 5.32 Å². The van der Waals surface area contributed by atoms with E-state index < -0.39 is 5.82 Å². The van der Waals surface area contributed by atoms with Gasteiger partial charge in [-0.05, 0) is 30.3 Å². The van der Waals surface area contributed by atoms with Crippen LogP contribution in [-0.2, 0) is 0 Å². The van der Waals surface area contributed by atoms with Crippen LogP contribution in [0, 0.1) is 17.1 Å². The first-order chi connectivity index (χ1) is 9.76. The SMILES string of the molecule is N#Cc1cc(F)ccc1Nc1ccc2c(c1)OCCO2. The van der Waals surface area contributed by atoms with Crippen molar-refractivity contribution in [3.8, 4) is 17.6 Å². The van der Waals surface area contributed by atoms with Gasteiger partial charge in [-0.3, -0.25) is 0 Å². The zero-order valence-corrected chi connectivity index (χ0v) is 10.5. The quantitative estimate of drug-likeness (QED) is 0.910. The molecule has 0 atom stereocenters. The molecule has 1 N–H and O–H groups in total. The maximum Gasteiger partial charge on any atom is 0.163 e. The lowest BCUT2D eigenvalue weighted by atomic mass is 10.1. The molecule has 5 heteroatoms. The molecule has 3 rings (SSSR count). The highest BCUT2D eigenvalue weighted by Crippen LogP contribution is 2.34. The smallest absolute Gasteiger partial charge is 0.163 e. The minimum absolute atomic E-state index is 0.250. The van der Waals surface area contributed by atoms with Crippen LogP contribution in [0.5, 0.6) is 11.5 Å². The Hall–Kier alpha value is -2.74. The van der Waals surface area contributed by atoms with Crippen molar-refractivity contribution in [3.63, 3.8) is 0 Å². The number of nitrogens with one attached hydrogen (secondary N) is 1. The summed E-state index contributed by atoms with van der Waals surface area (Å²) in [6.07, 6.45) is 0. The van der Waals surface area contributed by atoms with E-state index in [0.29, 0.717) is 30.4 Å². The van der Waals surface area contributed by atoms with E-state index in [9.17, 15) is 4.39 Å². The Bertz CT molecular complexity index is 695. The van der Waals surface area contributed by atoms with Crippen molar-refractivity contribution >= 4 is 11.4 Å². The van der Waals surface area contributed by atoms with Crippen LogP contribution in [0.1, 0.15) is 5.56 Å². The number of hydrogen-bond acceptors (Lipinski definition) is 4. The Kier molecular flexibility index (Phi) is 3.13. The lowest BCUT2D eigenvalue weighted by Crippen LogP contribution is -2.15. The first-order valence-corrected chi connectivity index (χ1v) is 6.12. The summed E-state index contributed by atoms with van der Waals surface area (Å²) < 4.78 is 24.0. The Morgan fingerprint density at radius 2 is 1.85 bits per heavy atom. The Balaban J connectivity index is 1.90. The van der Waals surface area contributed by atoms with Gasteiger partial charge in [0.25, 0.3) is 0 Å². The summed E-state index contributed by atoms with van der Waals surface area (Å²) in [6.45, 7) is 1.05. The van der Waals surface area contributed by atoms with Gasteiger partial charge in [0.1, 0.15) is 25.1 Å². The third-order valence-electron chi connectivity index (χ3n) is 2.92. The summed E-state index contributed by atoms with van der Waals surface area (Å²) in [6, 6.07) is 11.4. The van der Waals surface area contributed by atoms with E-state index in [4.69, 9.17) is 14.7 Å². The molecule has 1 aliphatic rings. The molecule has 1 heterocycles. The van der Waals surface area contributed by atoms with Crippen LogP contribution in [0.4, 0.5) is 15.8 Å². The fourth-order valence-electron chi connectivity index (χ4n) is 1.99. The second-order valence-electron chi connectivity index (χ2n) is 4.29. The van der Waals surface area contributed by atoms with Gasteiger partial charge in [-0.2, -0.15) is 5.26 Å². The second-order valence-corrected chi connectivity index (χ2v) is 4.29. The summed E-state index contributed by atoms with van der Waals surface area (Å²) in [5, 5.41) is 12.1. The standard InChI is InChI=1S/C15H11FN2O2/c16-11-1-3-13(10(7-11)9-17)18-12-2-4-14-15(8-12)20-6-5-19-14/h1-4,7-8,18H,5-6H2. The molecule has 4 nitrogen and oxygen atoms in total. The van der Waals surface area contributed by atoms with E-state index in [1.807, 2.05) is 12.1 Å². The average Bonchev–Trinajstić information content (AvgIpc) is 2.49. The molecule has 0 fully saturated rings. The molecule has 0 saturated heterocycles. The van der Waals surface area contributed by atoms with Crippen molar-refractivity contribution in [1.82, 2.24) is 0 Å². The molecule has 2 aromatic rings. The molecule has 2 aromatic carbocycles. The van der Waals surface area contributed by atoms with Crippen LogP contribution in [-0.4, -0.2) is 13.2 Å². The molecule has 1 aliphatic heterocycles. The van der Waals surface area contributed by atoms with Gasteiger partial charge >= 0.3 is 0 Å². The van der Waals surface area contributed by atoms with E-state index in [1.54, 1.807) is 12.1 Å². The van der Waals surface area contributed by atoms with Crippen LogP contribution in [0.3, 0.4) is 0 Å². The molecule has 0 aromatic heterocycles. The van der Waals surface area contributed by atoms with Crippen LogP contribution in [0.15, 0.2) is 36.4 Å². The molecule has 0 amide bonds. The fraction of sp³-hybridized carbons (Fsp3) is 0.133. The summed E-state index contributed by atoms with van der Waals surface area (Å²) in [7, 11) is 0. The van der Waals surface area contributed by atoms with Crippen molar-refractivity contribution < 1.29 is 13.9 Å². The van der Waals surface area contributed by atoms with E-state index in [-0.39, 0.29) is 5.56 Å². The van der Waals surface area contributed by atoms with E-state index >= 15 is 0 Å². The van der Waals surface area contributed by atoms with Gasteiger partial charge < -0.3 is 14.8 Å². The number of anilines is 2. The summed E-state index contributed by atoms with van der Waals surface area (Å²) >= 11 is 0. The summed E-state index contributed by atoms with van der Waals surface area (Å²) in [5.41, 5.74) is 1.54. The second kappa shape index (κ2) is 5.10. The van der Waals surface area contributed by atoms with Crippen LogP contribution in [0.2, 0.25) is 0 Å². The summed E-state index contributed by atoms with van der Waals surface area (Å²) in [4.78, 5) is 0. The van der Waals surface area contributed by atoms with Gasteiger partial charge in [-0.25, -0.2) is 4.39 Å². The highest BCUT2D eigenvalue weighted by molar-refractivity contribution is 5.68. The molecule has 100 valence electrons. The molecule has 0 bridgehead atoms. The topological polar surface area (TPSA) is 54.3 Å². The molecule has 0 spiro atoms. The maximum atomic E-state index is 13.1. The number of halogens is 1. The zero-order chi connectivity index (χ0) is 13.9. The monoisotopic (exact) mass is 270 g/mol. The van der Waals surface area contributed by atoms with Crippen LogP contribution >= 0.6 is 0 Å². The predicted molar refractivity (Wildman–Crippen MR) is 71.8 cm³/mol. The number of nitrogens with zero attached hydrogens (tertiary/aromatic N) is 1. The van der Waals surface area contributed by atoms with Gasteiger partial charge in [0.2, 0.25) is 0 Å². The third-order valence-corrected chi connectivity index (χ3v) is 2.92. The van der Waals surface area contributed by atoms with Crippen molar-refractivity contribution in [2.24, 2.45) is 0 Å². The highest BCUT2D eigenvalue weighted by Gasteiger charge is 2.12. The molecule has 0 aliphatic carbocycles. The zero-order valence-electron chi connectivity index (χ0n) is 10.5. The normalized spacial score (nSPS) is 12.6. The van der Waals surface area contributed by atoms with E-state index in [0.717, 1.165) is 5.69 Å². The van der Waals surface area contributed by atoms with Crippen molar-refractivity contribution in [3.05, 3.63) is 47.8 Å². The van der Waals surface area contributed by atoms with Gasteiger partial charge in [0.15, 0.2) is 11.5 Å². The minimum atomic E-state index is -0.436. The van der Waals surface area contributed by atoms with Gasteiger partial charge in [-0.15, -0.1) is 0 Å². The first kappa shape index (κ1) is 12.3. The number of hydrogen-bond donors (Lipinski definition) is 1. The molecule has 0 saturated carbocycles. The Morgan fingerprint density at radius 3 is 2.65 bits per heavy atom. The number of benzene rings is 2. The average molecular weight is 270 g/mol. The van der Waals surface area contributed by atoms with E-state index in [1.165, 1.54) is 18.2 Å². The number of rotatable bonds is 2. The number of fused-ring (bicyclic) bond motifs is 1. The first-order valence-electron chi connectivity index (χ1n) is 6.12. The third kappa shape index (κ3) is 2.36. The Morgan fingerprint density at radius 1 is 1.05 bits per heavy atom. The largest absolute Gasteiger partial charge is 0.486 e. The van der Waals surface area contributed by atoms with Gasteiger partial charge in [0, 0.05) is 11.8 Å². The molecular formula is C15H11FN2O2.